The van der Waals surface area contributed by atoms with Gasteiger partial charge in [-0.15, -0.1) is 0 Å². The lowest BCUT2D eigenvalue weighted by molar-refractivity contribution is -0.0432. The minimum absolute atomic E-state index is 0.205. The Morgan fingerprint density at radius 3 is 3.05 bits per heavy atom. The molecule has 0 amide bonds. The quantitative estimate of drug-likeness (QED) is 0.629. The first-order valence-corrected chi connectivity index (χ1v) is 6.83. The fourth-order valence-corrected chi connectivity index (χ4v) is 2.69. The summed E-state index contributed by atoms with van der Waals surface area (Å²) in [6, 6.07) is 1.64. The molecule has 3 aromatic rings. The van der Waals surface area contributed by atoms with Crippen LogP contribution in [0.5, 0.6) is 0 Å². The van der Waals surface area contributed by atoms with E-state index in [0.29, 0.717) is 12.1 Å². The molecule has 1 aliphatic rings. The van der Waals surface area contributed by atoms with Crippen LogP contribution in [0.4, 0.5) is 0 Å². The number of fused-ring (bicyclic) bond motifs is 2. The van der Waals surface area contributed by atoms with E-state index in [1.165, 1.54) is 10.7 Å². The zero-order chi connectivity index (χ0) is 15.3. The maximum absolute atomic E-state index is 12.4. The molecule has 0 bridgehead atoms. The highest BCUT2D eigenvalue weighted by Crippen LogP contribution is 2.30. The van der Waals surface area contributed by atoms with Gasteiger partial charge in [0.2, 0.25) is 5.78 Å². The number of aromatic nitrogens is 5. The molecule has 4 heterocycles. The van der Waals surface area contributed by atoms with Crippen molar-refractivity contribution in [3.05, 3.63) is 35.1 Å². The second-order valence-corrected chi connectivity index (χ2v) is 5.15. The number of aliphatic hydroxyl groups excluding tert-OH is 2. The summed E-state index contributed by atoms with van der Waals surface area (Å²) in [6.45, 7) is -0.273. The van der Waals surface area contributed by atoms with Crippen molar-refractivity contribution in [1.82, 2.24) is 23.9 Å². The van der Waals surface area contributed by atoms with Gasteiger partial charge in [0.1, 0.15) is 12.3 Å². The third-order valence-electron chi connectivity index (χ3n) is 3.82. The molecule has 4 rings (SSSR count). The van der Waals surface area contributed by atoms with Gasteiger partial charge in [-0.05, 0) is 6.07 Å². The summed E-state index contributed by atoms with van der Waals surface area (Å²) in [5, 5.41) is 19.0. The molecule has 1 fully saturated rings. The van der Waals surface area contributed by atoms with Crippen molar-refractivity contribution >= 4 is 16.9 Å². The SMILES string of the molecule is O=c1c2ncn([C@H]3CC(O)[C@@H](CO)O3)c2nc2ncccn12. The van der Waals surface area contributed by atoms with Crippen molar-refractivity contribution in [1.29, 1.82) is 0 Å². The van der Waals surface area contributed by atoms with E-state index < -0.39 is 18.4 Å². The van der Waals surface area contributed by atoms with E-state index in [1.807, 2.05) is 0 Å². The van der Waals surface area contributed by atoms with Gasteiger partial charge in [0.15, 0.2) is 11.2 Å². The average molecular weight is 303 g/mol. The standard InChI is InChI=1S/C13H13N5O4/c19-5-8-7(20)4-9(22-8)18-6-15-10-11(18)16-13-14-2-1-3-17(13)12(10)21/h1-3,6-9,19-20H,4-5H2/t7?,8-,9-/m1/s1. The zero-order valence-electron chi connectivity index (χ0n) is 11.4. The number of ether oxygens (including phenoxy) is 1. The molecular weight excluding hydrogens is 290 g/mol. The van der Waals surface area contributed by atoms with Gasteiger partial charge in [-0.25, -0.2) is 14.4 Å². The smallest absolute Gasteiger partial charge is 0.287 e. The molecule has 1 aliphatic heterocycles. The molecule has 0 spiro atoms. The maximum atomic E-state index is 12.4. The molecule has 9 heteroatoms. The summed E-state index contributed by atoms with van der Waals surface area (Å²) in [5.41, 5.74) is 0.236. The summed E-state index contributed by atoms with van der Waals surface area (Å²) < 4.78 is 8.49. The van der Waals surface area contributed by atoms with Crippen molar-refractivity contribution in [3.63, 3.8) is 0 Å². The van der Waals surface area contributed by atoms with Crippen molar-refractivity contribution in [3.8, 4) is 0 Å². The summed E-state index contributed by atoms with van der Waals surface area (Å²) in [4.78, 5) is 24.9. The lowest BCUT2D eigenvalue weighted by atomic mass is 10.2. The van der Waals surface area contributed by atoms with Crippen LogP contribution in [0.25, 0.3) is 16.9 Å². The van der Waals surface area contributed by atoms with E-state index in [9.17, 15) is 9.90 Å². The highest BCUT2D eigenvalue weighted by atomic mass is 16.5. The number of aliphatic hydroxyl groups is 2. The minimum atomic E-state index is -0.771. The Hall–Kier alpha value is -2.36. The van der Waals surface area contributed by atoms with Gasteiger partial charge in [-0.1, -0.05) is 0 Å². The van der Waals surface area contributed by atoms with Crippen LogP contribution in [0.2, 0.25) is 0 Å². The zero-order valence-corrected chi connectivity index (χ0v) is 11.4. The predicted molar refractivity (Wildman–Crippen MR) is 74.2 cm³/mol. The van der Waals surface area contributed by atoms with Crippen molar-refractivity contribution < 1.29 is 14.9 Å². The van der Waals surface area contributed by atoms with Crippen LogP contribution in [0.3, 0.4) is 0 Å². The molecule has 3 atom stereocenters. The molecular formula is C13H13N5O4. The van der Waals surface area contributed by atoms with Crippen molar-refractivity contribution in [2.45, 2.75) is 24.9 Å². The molecule has 0 aromatic carbocycles. The Labute approximate surface area is 123 Å². The Kier molecular flexibility index (Phi) is 2.93. The van der Waals surface area contributed by atoms with E-state index in [2.05, 4.69) is 15.0 Å². The Morgan fingerprint density at radius 2 is 2.27 bits per heavy atom. The van der Waals surface area contributed by atoms with Crippen molar-refractivity contribution in [2.24, 2.45) is 0 Å². The van der Waals surface area contributed by atoms with Gasteiger partial charge in [0.25, 0.3) is 5.56 Å². The Balaban J connectivity index is 1.88. The minimum Gasteiger partial charge on any atom is -0.394 e. The number of hydrogen-bond donors (Lipinski definition) is 2. The third-order valence-corrected chi connectivity index (χ3v) is 3.82. The second-order valence-electron chi connectivity index (χ2n) is 5.15. The lowest BCUT2D eigenvalue weighted by Gasteiger charge is -2.13. The van der Waals surface area contributed by atoms with Crippen molar-refractivity contribution in [2.75, 3.05) is 6.61 Å². The van der Waals surface area contributed by atoms with Crippen LogP contribution < -0.4 is 5.56 Å². The van der Waals surface area contributed by atoms with Gasteiger partial charge < -0.3 is 14.9 Å². The monoisotopic (exact) mass is 303 g/mol. The number of imidazole rings is 1. The number of rotatable bonds is 2. The molecule has 22 heavy (non-hydrogen) atoms. The normalized spacial score (nSPS) is 25.3. The molecule has 3 aromatic heterocycles. The molecule has 1 unspecified atom stereocenters. The fourth-order valence-electron chi connectivity index (χ4n) is 2.69. The largest absolute Gasteiger partial charge is 0.394 e. The maximum Gasteiger partial charge on any atom is 0.287 e. The third kappa shape index (κ3) is 1.83. The van der Waals surface area contributed by atoms with Crippen LogP contribution in [0.15, 0.2) is 29.6 Å². The average Bonchev–Trinajstić information content (AvgIpc) is 3.11. The summed E-state index contributed by atoms with van der Waals surface area (Å²) in [6.07, 6.45) is 2.92. The molecule has 114 valence electrons. The molecule has 9 nitrogen and oxygen atoms in total. The van der Waals surface area contributed by atoms with Crippen LogP contribution in [-0.2, 0) is 4.74 Å². The Morgan fingerprint density at radius 1 is 1.41 bits per heavy atom. The van der Waals surface area contributed by atoms with Gasteiger partial charge in [-0.2, -0.15) is 4.98 Å². The number of nitrogens with zero attached hydrogens (tertiary/aromatic N) is 5. The molecule has 0 aliphatic carbocycles. The summed E-state index contributed by atoms with van der Waals surface area (Å²) in [7, 11) is 0. The highest BCUT2D eigenvalue weighted by molar-refractivity contribution is 5.71. The van der Waals surface area contributed by atoms with Crippen LogP contribution in [0.1, 0.15) is 12.6 Å². The van der Waals surface area contributed by atoms with Gasteiger partial charge in [0, 0.05) is 18.8 Å². The van der Waals surface area contributed by atoms with Gasteiger partial charge in [0.05, 0.1) is 19.0 Å². The molecule has 0 radical (unpaired) electrons. The van der Waals surface area contributed by atoms with E-state index >= 15 is 0 Å². The first-order chi connectivity index (χ1) is 10.7. The van der Waals surface area contributed by atoms with Gasteiger partial charge in [-0.3, -0.25) is 9.36 Å². The van der Waals surface area contributed by atoms with E-state index in [1.54, 1.807) is 23.0 Å². The van der Waals surface area contributed by atoms with E-state index in [0.717, 1.165) is 0 Å². The molecule has 1 saturated heterocycles. The molecule has 2 N–H and O–H groups in total. The predicted octanol–water partition coefficient (Wildman–Crippen LogP) is -0.920. The topological polar surface area (TPSA) is 115 Å². The Bertz CT molecular complexity index is 904. The summed E-state index contributed by atoms with van der Waals surface area (Å²) in [5.74, 6) is 0.263. The number of hydrogen-bond acceptors (Lipinski definition) is 7. The van der Waals surface area contributed by atoms with Crippen LogP contribution in [0, 0.1) is 0 Å². The first-order valence-electron chi connectivity index (χ1n) is 6.83. The van der Waals surface area contributed by atoms with Gasteiger partial charge >= 0.3 is 0 Å². The summed E-state index contributed by atoms with van der Waals surface area (Å²) >= 11 is 0. The van der Waals surface area contributed by atoms with Crippen LogP contribution >= 0.6 is 0 Å². The second kappa shape index (κ2) is 4.83. The van der Waals surface area contributed by atoms with E-state index in [-0.39, 0.29) is 23.5 Å². The molecule has 0 saturated carbocycles. The van der Waals surface area contributed by atoms with Crippen LogP contribution in [-0.4, -0.2) is 52.9 Å². The first kappa shape index (κ1) is 13.3. The highest BCUT2D eigenvalue weighted by Gasteiger charge is 2.35. The lowest BCUT2D eigenvalue weighted by Crippen LogP contribution is -2.24. The van der Waals surface area contributed by atoms with E-state index in [4.69, 9.17) is 9.84 Å². The fraction of sp³-hybridized carbons (Fsp3) is 0.385.